The first-order valence-electron chi connectivity index (χ1n) is 9.86. The van der Waals surface area contributed by atoms with Crippen LogP contribution in [0.25, 0.3) is 11.6 Å². The maximum atomic E-state index is 5.30. The lowest BCUT2D eigenvalue weighted by Gasteiger charge is -2.30. The molecule has 27 heavy (non-hydrogen) atoms. The molecule has 2 aromatic rings. The summed E-state index contributed by atoms with van der Waals surface area (Å²) < 4.78 is 5.30. The number of aromatic nitrogens is 3. The van der Waals surface area contributed by atoms with Gasteiger partial charge in [-0.15, -0.1) is 0 Å². The van der Waals surface area contributed by atoms with Crippen LogP contribution in [-0.2, 0) is 6.42 Å². The van der Waals surface area contributed by atoms with Crippen LogP contribution >= 0.6 is 0 Å². The summed E-state index contributed by atoms with van der Waals surface area (Å²) in [5.74, 6) is 3.80. The molecule has 0 aromatic carbocycles. The van der Waals surface area contributed by atoms with E-state index in [2.05, 4.69) is 42.6 Å². The van der Waals surface area contributed by atoms with Crippen LogP contribution in [-0.4, -0.2) is 65.8 Å². The van der Waals surface area contributed by atoms with Gasteiger partial charge in [0.15, 0.2) is 11.7 Å². The molecule has 1 aliphatic rings. The fourth-order valence-electron chi connectivity index (χ4n) is 3.24. The molecule has 1 fully saturated rings. The summed E-state index contributed by atoms with van der Waals surface area (Å²) >= 11 is 0. The molecule has 1 aliphatic heterocycles. The lowest BCUT2D eigenvalue weighted by molar-refractivity contribution is 0.191. The summed E-state index contributed by atoms with van der Waals surface area (Å²) in [6.45, 7) is 7.65. The van der Waals surface area contributed by atoms with E-state index in [0.29, 0.717) is 11.6 Å². The molecular weight excluding hydrogens is 342 g/mol. The topological polar surface area (TPSA) is 94.4 Å². The molecule has 148 valence electrons. The Kier molecular flexibility index (Phi) is 7.27. The van der Waals surface area contributed by atoms with Crippen molar-refractivity contribution in [3.63, 3.8) is 0 Å². The number of nitrogens with one attached hydrogen (secondary N) is 3. The Morgan fingerprint density at radius 2 is 2.15 bits per heavy atom. The first kappa shape index (κ1) is 19.4. The van der Waals surface area contributed by atoms with E-state index in [4.69, 9.17) is 4.42 Å². The van der Waals surface area contributed by atoms with Crippen molar-refractivity contribution in [1.82, 2.24) is 30.7 Å². The average Bonchev–Trinajstić information content (AvgIpc) is 3.36. The lowest BCUT2D eigenvalue weighted by Crippen LogP contribution is -2.40. The second-order valence-corrected chi connectivity index (χ2v) is 7.14. The van der Waals surface area contributed by atoms with Gasteiger partial charge in [0.1, 0.15) is 5.82 Å². The zero-order valence-corrected chi connectivity index (χ0v) is 16.4. The Balaban J connectivity index is 1.30. The monoisotopic (exact) mass is 373 g/mol. The second-order valence-electron chi connectivity index (χ2n) is 7.14. The highest BCUT2D eigenvalue weighted by atomic mass is 16.3. The number of guanidine groups is 1. The molecule has 3 heterocycles. The maximum Gasteiger partial charge on any atom is 0.216 e. The van der Waals surface area contributed by atoms with Crippen LogP contribution in [0.2, 0.25) is 0 Å². The molecule has 1 saturated heterocycles. The van der Waals surface area contributed by atoms with E-state index < -0.39 is 0 Å². The number of aromatic amines is 1. The summed E-state index contributed by atoms with van der Waals surface area (Å²) in [7, 11) is 1.80. The molecule has 3 rings (SSSR count). The van der Waals surface area contributed by atoms with Crippen molar-refractivity contribution in [1.29, 1.82) is 0 Å². The molecule has 8 heteroatoms. The highest BCUT2D eigenvalue weighted by molar-refractivity contribution is 5.79. The molecular formula is C19H31N7O. The van der Waals surface area contributed by atoms with Crippen LogP contribution in [0.5, 0.6) is 0 Å². The Hall–Kier alpha value is -2.35. The normalized spacial score (nSPS) is 16.6. The quantitative estimate of drug-likeness (QED) is 0.372. The minimum atomic E-state index is 0.588. The first-order chi connectivity index (χ1) is 13.2. The van der Waals surface area contributed by atoms with Gasteiger partial charge in [-0.2, -0.15) is 5.10 Å². The predicted molar refractivity (Wildman–Crippen MR) is 107 cm³/mol. The maximum absolute atomic E-state index is 5.30. The van der Waals surface area contributed by atoms with E-state index in [1.165, 1.54) is 25.9 Å². The van der Waals surface area contributed by atoms with Gasteiger partial charge in [-0.25, -0.2) is 4.98 Å². The Labute approximate surface area is 160 Å². The van der Waals surface area contributed by atoms with Crippen molar-refractivity contribution >= 4 is 5.96 Å². The van der Waals surface area contributed by atoms with Gasteiger partial charge >= 0.3 is 0 Å². The van der Waals surface area contributed by atoms with Crippen LogP contribution in [0, 0.1) is 5.92 Å². The SMILES string of the molecule is CN=C(NCCCN1CCC(C)CC1)NCCc1nc(-c2ccco2)n[nH]1. The van der Waals surface area contributed by atoms with Crippen molar-refractivity contribution in [2.75, 3.05) is 39.8 Å². The van der Waals surface area contributed by atoms with Crippen molar-refractivity contribution < 1.29 is 4.42 Å². The van der Waals surface area contributed by atoms with Gasteiger partial charge in [0, 0.05) is 26.6 Å². The van der Waals surface area contributed by atoms with Gasteiger partial charge in [-0.05, 0) is 56.9 Å². The minimum Gasteiger partial charge on any atom is -0.461 e. The Bertz CT molecular complexity index is 687. The summed E-state index contributed by atoms with van der Waals surface area (Å²) in [5.41, 5.74) is 0. The van der Waals surface area contributed by atoms with Gasteiger partial charge in [0.25, 0.3) is 0 Å². The average molecular weight is 374 g/mol. The molecule has 0 bridgehead atoms. The van der Waals surface area contributed by atoms with Crippen LogP contribution in [0.3, 0.4) is 0 Å². The molecule has 8 nitrogen and oxygen atoms in total. The molecule has 0 spiro atoms. The smallest absolute Gasteiger partial charge is 0.216 e. The van der Waals surface area contributed by atoms with Gasteiger partial charge in [-0.1, -0.05) is 6.92 Å². The van der Waals surface area contributed by atoms with Crippen molar-refractivity contribution in [3.05, 3.63) is 24.2 Å². The van der Waals surface area contributed by atoms with E-state index in [1.54, 1.807) is 13.3 Å². The highest BCUT2D eigenvalue weighted by Crippen LogP contribution is 2.16. The van der Waals surface area contributed by atoms with E-state index in [-0.39, 0.29) is 0 Å². The van der Waals surface area contributed by atoms with Gasteiger partial charge < -0.3 is 20.0 Å². The van der Waals surface area contributed by atoms with E-state index >= 15 is 0 Å². The van der Waals surface area contributed by atoms with Gasteiger partial charge in [0.05, 0.1) is 6.26 Å². The van der Waals surface area contributed by atoms with Crippen LogP contribution < -0.4 is 10.6 Å². The summed E-state index contributed by atoms with van der Waals surface area (Å²) in [5, 5.41) is 13.8. The third-order valence-corrected chi connectivity index (χ3v) is 4.97. The zero-order chi connectivity index (χ0) is 18.9. The number of likely N-dealkylation sites (tertiary alicyclic amines) is 1. The number of furan rings is 1. The standard InChI is InChI=1S/C19H31N7O/c1-15-7-12-26(13-8-15)11-4-9-21-19(20-2)22-10-6-17-23-18(25-24-17)16-5-3-14-27-16/h3,5,14-15H,4,6-13H2,1-2H3,(H2,20,21,22)(H,23,24,25). The molecule has 0 radical (unpaired) electrons. The number of hydrogen-bond donors (Lipinski definition) is 3. The molecule has 0 atom stereocenters. The van der Waals surface area contributed by atoms with Crippen molar-refractivity contribution in [3.8, 4) is 11.6 Å². The summed E-state index contributed by atoms with van der Waals surface area (Å²) in [6, 6.07) is 3.68. The largest absolute Gasteiger partial charge is 0.461 e. The van der Waals surface area contributed by atoms with Gasteiger partial charge in [-0.3, -0.25) is 10.1 Å². The van der Waals surface area contributed by atoms with E-state index in [9.17, 15) is 0 Å². The lowest BCUT2D eigenvalue weighted by atomic mass is 9.99. The Morgan fingerprint density at radius 3 is 2.89 bits per heavy atom. The van der Waals surface area contributed by atoms with Crippen LogP contribution in [0.1, 0.15) is 32.0 Å². The molecule has 2 aromatic heterocycles. The third-order valence-electron chi connectivity index (χ3n) is 4.97. The van der Waals surface area contributed by atoms with Crippen LogP contribution in [0.15, 0.2) is 27.8 Å². The number of H-pyrrole nitrogens is 1. The van der Waals surface area contributed by atoms with Crippen molar-refractivity contribution in [2.45, 2.75) is 32.6 Å². The minimum absolute atomic E-state index is 0.588. The molecule has 0 amide bonds. The fourth-order valence-corrected chi connectivity index (χ4v) is 3.24. The number of aliphatic imine (C=N–C) groups is 1. The van der Waals surface area contributed by atoms with Gasteiger partial charge in [0.2, 0.25) is 5.82 Å². The molecule has 0 saturated carbocycles. The zero-order valence-electron chi connectivity index (χ0n) is 16.4. The third kappa shape index (κ3) is 6.09. The number of nitrogens with zero attached hydrogens (tertiary/aromatic N) is 4. The predicted octanol–water partition coefficient (Wildman–Crippen LogP) is 1.89. The number of hydrogen-bond acceptors (Lipinski definition) is 5. The number of piperidine rings is 1. The summed E-state index contributed by atoms with van der Waals surface area (Å²) in [6.07, 6.45) is 6.15. The second kappa shape index (κ2) is 10.1. The van der Waals surface area contributed by atoms with Crippen molar-refractivity contribution in [2.24, 2.45) is 10.9 Å². The summed E-state index contributed by atoms with van der Waals surface area (Å²) in [4.78, 5) is 11.3. The molecule has 0 unspecified atom stereocenters. The van der Waals surface area contributed by atoms with E-state index in [1.807, 2.05) is 12.1 Å². The number of rotatable bonds is 8. The highest BCUT2D eigenvalue weighted by Gasteiger charge is 2.14. The first-order valence-corrected chi connectivity index (χ1v) is 9.86. The fraction of sp³-hybridized carbons (Fsp3) is 0.632. The van der Waals surface area contributed by atoms with E-state index in [0.717, 1.165) is 50.2 Å². The van der Waals surface area contributed by atoms with Crippen LogP contribution in [0.4, 0.5) is 0 Å². The Morgan fingerprint density at radius 1 is 1.33 bits per heavy atom. The molecule has 0 aliphatic carbocycles. The molecule has 3 N–H and O–H groups in total.